The molecule has 2 N–H and O–H groups in total. The van der Waals surface area contributed by atoms with Gasteiger partial charge in [-0.05, 0) is 20.8 Å². The average Bonchev–Trinajstić information content (AvgIpc) is 3.18. The zero-order chi connectivity index (χ0) is 19.6. The number of hydrogen-bond acceptors (Lipinski definition) is 4. The zero-order valence-corrected chi connectivity index (χ0v) is 16.7. The monoisotopic (exact) mass is 371 g/mol. The number of nitrogens with zero attached hydrogens (tertiary/aromatic N) is 3. The Labute approximate surface area is 160 Å². The maximum atomic E-state index is 12.6. The fourth-order valence-corrected chi connectivity index (χ4v) is 3.59. The highest BCUT2D eigenvalue weighted by molar-refractivity contribution is 5.90. The van der Waals surface area contributed by atoms with Crippen molar-refractivity contribution in [3.8, 4) is 11.3 Å². The van der Waals surface area contributed by atoms with Crippen molar-refractivity contribution in [3.63, 3.8) is 0 Å². The van der Waals surface area contributed by atoms with Gasteiger partial charge in [0.25, 0.3) is 0 Å². The van der Waals surface area contributed by atoms with Crippen molar-refractivity contribution < 1.29 is 9.53 Å². The zero-order valence-electron chi connectivity index (χ0n) is 16.7. The number of aryl methyl sites for hydroxylation is 1. The second-order valence-electron chi connectivity index (χ2n) is 7.34. The molecular formula is C20H29N5O2. The smallest absolute Gasteiger partial charge is 0.320 e. The Morgan fingerprint density at radius 3 is 2.59 bits per heavy atom. The lowest BCUT2D eigenvalue weighted by molar-refractivity contribution is 0.0896. The molecule has 0 saturated carbocycles. The largest absolute Gasteiger partial charge is 0.378 e. The van der Waals surface area contributed by atoms with Gasteiger partial charge in [0, 0.05) is 44.4 Å². The minimum atomic E-state index is -0.238. The first-order chi connectivity index (χ1) is 12.9. The lowest BCUT2D eigenvalue weighted by Crippen LogP contribution is -2.45. The summed E-state index contributed by atoms with van der Waals surface area (Å²) in [5.74, 6) is 0.694. The first-order valence-corrected chi connectivity index (χ1v) is 9.34. The van der Waals surface area contributed by atoms with E-state index in [9.17, 15) is 4.79 Å². The van der Waals surface area contributed by atoms with Crippen molar-refractivity contribution in [3.05, 3.63) is 35.9 Å². The standard InChI is InChI=1S/C20H29N5O2/c1-13(2)25-11-16(17(12-25)27-5)21-20(26)22-19-14(3)18(23-24(19)4)15-9-7-6-8-10-15/h6-10,13,16-17H,11-12H2,1-5H3,(H2,21,22,26)/t16-,17-/m0/s1. The first-order valence-electron chi connectivity index (χ1n) is 9.34. The molecule has 2 amide bonds. The maximum absolute atomic E-state index is 12.6. The van der Waals surface area contributed by atoms with Gasteiger partial charge >= 0.3 is 6.03 Å². The summed E-state index contributed by atoms with van der Waals surface area (Å²) in [6.07, 6.45) is -0.00864. The summed E-state index contributed by atoms with van der Waals surface area (Å²) in [6.45, 7) is 7.88. The van der Waals surface area contributed by atoms with Gasteiger partial charge in [0.05, 0.1) is 17.8 Å². The summed E-state index contributed by atoms with van der Waals surface area (Å²) in [6, 6.07) is 10.1. The van der Waals surface area contributed by atoms with E-state index < -0.39 is 0 Å². The number of urea groups is 1. The molecule has 0 aliphatic carbocycles. The van der Waals surface area contributed by atoms with Crippen LogP contribution in [-0.2, 0) is 11.8 Å². The number of aromatic nitrogens is 2. The molecule has 0 bridgehead atoms. The van der Waals surface area contributed by atoms with Crippen molar-refractivity contribution in [2.24, 2.45) is 7.05 Å². The van der Waals surface area contributed by atoms with Crippen LogP contribution in [0.4, 0.5) is 10.6 Å². The predicted octanol–water partition coefficient (Wildman–Crippen LogP) is 2.62. The van der Waals surface area contributed by atoms with Crippen LogP contribution in [-0.4, -0.2) is 59.1 Å². The Balaban J connectivity index is 1.71. The van der Waals surface area contributed by atoms with Crippen LogP contribution in [0.5, 0.6) is 0 Å². The number of rotatable bonds is 5. The number of ether oxygens (including phenoxy) is 1. The Morgan fingerprint density at radius 2 is 1.96 bits per heavy atom. The van der Waals surface area contributed by atoms with Gasteiger partial charge in [0.2, 0.25) is 0 Å². The van der Waals surface area contributed by atoms with Crippen LogP contribution in [0.3, 0.4) is 0 Å². The first kappa shape index (κ1) is 19.4. The van der Waals surface area contributed by atoms with Gasteiger partial charge in [0.1, 0.15) is 5.82 Å². The fourth-order valence-electron chi connectivity index (χ4n) is 3.59. The number of anilines is 1. The summed E-state index contributed by atoms with van der Waals surface area (Å²) in [4.78, 5) is 14.9. The fraction of sp³-hybridized carbons (Fsp3) is 0.500. The van der Waals surface area contributed by atoms with E-state index in [-0.39, 0.29) is 18.2 Å². The third-order valence-corrected chi connectivity index (χ3v) is 5.21. The van der Waals surface area contributed by atoms with Gasteiger partial charge < -0.3 is 10.1 Å². The Morgan fingerprint density at radius 1 is 1.26 bits per heavy atom. The molecule has 1 aromatic carbocycles. The van der Waals surface area contributed by atoms with Crippen LogP contribution in [0.15, 0.2) is 30.3 Å². The highest BCUT2D eigenvalue weighted by Gasteiger charge is 2.35. The lowest BCUT2D eigenvalue weighted by Gasteiger charge is -2.20. The normalized spacial score (nSPS) is 20.2. The number of amides is 2. The van der Waals surface area contributed by atoms with Crippen LogP contribution >= 0.6 is 0 Å². The molecule has 0 unspecified atom stereocenters. The molecule has 2 heterocycles. The van der Waals surface area contributed by atoms with Crippen molar-refractivity contribution in [2.75, 3.05) is 25.5 Å². The minimum Gasteiger partial charge on any atom is -0.378 e. The summed E-state index contributed by atoms with van der Waals surface area (Å²) in [5, 5.41) is 10.6. The van der Waals surface area contributed by atoms with Gasteiger partial charge in [-0.2, -0.15) is 5.10 Å². The number of likely N-dealkylation sites (tertiary alicyclic amines) is 1. The number of nitrogens with one attached hydrogen (secondary N) is 2. The van der Waals surface area contributed by atoms with E-state index in [4.69, 9.17) is 4.74 Å². The van der Waals surface area contributed by atoms with Crippen LogP contribution in [0.25, 0.3) is 11.3 Å². The summed E-state index contributed by atoms with van der Waals surface area (Å²) in [5.41, 5.74) is 2.84. The van der Waals surface area contributed by atoms with Gasteiger partial charge in [0.15, 0.2) is 0 Å². The molecule has 1 fully saturated rings. The van der Waals surface area contributed by atoms with Crippen molar-refractivity contribution in [2.45, 2.75) is 39.0 Å². The van der Waals surface area contributed by atoms with E-state index >= 15 is 0 Å². The number of benzene rings is 1. The van der Waals surface area contributed by atoms with Crippen molar-refractivity contribution in [1.82, 2.24) is 20.0 Å². The Bertz CT molecular complexity index is 787. The maximum Gasteiger partial charge on any atom is 0.320 e. The Kier molecular flexibility index (Phi) is 5.82. The summed E-state index contributed by atoms with van der Waals surface area (Å²) in [7, 11) is 3.53. The molecule has 3 rings (SSSR count). The average molecular weight is 371 g/mol. The van der Waals surface area contributed by atoms with E-state index in [1.54, 1.807) is 11.8 Å². The molecule has 0 radical (unpaired) electrons. The van der Waals surface area contributed by atoms with E-state index in [1.165, 1.54) is 0 Å². The van der Waals surface area contributed by atoms with E-state index in [1.807, 2.05) is 44.3 Å². The van der Waals surface area contributed by atoms with E-state index in [2.05, 4.69) is 34.5 Å². The van der Waals surface area contributed by atoms with E-state index in [0.717, 1.165) is 29.9 Å². The summed E-state index contributed by atoms with van der Waals surface area (Å²) >= 11 is 0. The molecular weight excluding hydrogens is 342 g/mol. The molecule has 27 heavy (non-hydrogen) atoms. The number of carbonyl (C=O) groups excluding carboxylic acids is 1. The summed E-state index contributed by atoms with van der Waals surface area (Å²) < 4.78 is 7.27. The van der Waals surface area contributed by atoms with Crippen molar-refractivity contribution in [1.29, 1.82) is 0 Å². The Hall–Kier alpha value is -2.38. The molecule has 2 aromatic rings. The van der Waals surface area contributed by atoms with Crippen molar-refractivity contribution >= 4 is 11.8 Å². The number of carbonyl (C=O) groups is 1. The van der Waals surface area contributed by atoms with Gasteiger partial charge in [-0.15, -0.1) is 0 Å². The molecule has 2 atom stereocenters. The molecule has 1 aliphatic heterocycles. The van der Waals surface area contributed by atoms with Crippen LogP contribution in [0.2, 0.25) is 0 Å². The molecule has 1 saturated heterocycles. The molecule has 0 spiro atoms. The van der Waals surface area contributed by atoms with Crippen LogP contribution < -0.4 is 10.6 Å². The van der Waals surface area contributed by atoms with Gasteiger partial charge in [-0.25, -0.2) is 4.79 Å². The molecule has 7 nitrogen and oxygen atoms in total. The molecule has 7 heteroatoms. The minimum absolute atomic E-state index is 0.00864. The third-order valence-electron chi connectivity index (χ3n) is 5.21. The second-order valence-corrected chi connectivity index (χ2v) is 7.34. The molecule has 1 aromatic heterocycles. The second kappa shape index (κ2) is 8.10. The molecule has 146 valence electrons. The van der Waals surface area contributed by atoms with Gasteiger partial charge in [-0.3, -0.25) is 14.9 Å². The van der Waals surface area contributed by atoms with Gasteiger partial charge in [-0.1, -0.05) is 30.3 Å². The van der Waals surface area contributed by atoms with Crippen LogP contribution in [0.1, 0.15) is 19.4 Å². The van der Waals surface area contributed by atoms with Crippen LogP contribution in [0, 0.1) is 6.92 Å². The number of methoxy groups -OCH3 is 1. The predicted molar refractivity (Wildman–Crippen MR) is 107 cm³/mol. The van der Waals surface area contributed by atoms with E-state index in [0.29, 0.717) is 11.9 Å². The quantitative estimate of drug-likeness (QED) is 0.848. The topological polar surface area (TPSA) is 71.4 Å². The highest BCUT2D eigenvalue weighted by atomic mass is 16.5. The number of hydrogen-bond donors (Lipinski definition) is 2. The third kappa shape index (κ3) is 4.14. The highest BCUT2D eigenvalue weighted by Crippen LogP contribution is 2.27. The molecule has 1 aliphatic rings. The SMILES string of the molecule is CO[C@H]1CN(C(C)C)C[C@@H]1NC(=O)Nc1c(C)c(-c2ccccc2)nn1C. The lowest BCUT2D eigenvalue weighted by atomic mass is 10.1.